The van der Waals surface area contributed by atoms with E-state index in [0.29, 0.717) is 34.8 Å². The van der Waals surface area contributed by atoms with E-state index in [0.717, 1.165) is 17.8 Å². The van der Waals surface area contributed by atoms with Gasteiger partial charge in [0, 0.05) is 138 Å². The van der Waals surface area contributed by atoms with E-state index in [4.69, 9.17) is 76.9 Å². The number of ether oxygens (including phenoxy) is 4. The van der Waals surface area contributed by atoms with E-state index < -0.39 is 78.2 Å². The molecule has 0 aliphatic carbocycles. The quantitative estimate of drug-likeness (QED) is 0.126. The summed E-state index contributed by atoms with van der Waals surface area (Å²) < 4.78 is 111. The van der Waals surface area contributed by atoms with Crippen molar-refractivity contribution >= 4 is 74.8 Å². The zero-order valence-electron chi connectivity index (χ0n) is 41.5. The molecule has 6 fully saturated rings. The molecule has 0 bridgehead atoms. The first-order valence-electron chi connectivity index (χ1n) is 22.1. The third-order valence-electron chi connectivity index (χ3n) is 12.3. The predicted molar refractivity (Wildman–Crippen MR) is 248 cm³/mol. The van der Waals surface area contributed by atoms with Gasteiger partial charge in [0.05, 0.1) is 69.9 Å². The van der Waals surface area contributed by atoms with Crippen molar-refractivity contribution in [3.63, 3.8) is 0 Å². The molecule has 32 nitrogen and oxygen atoms in total. The SMILES string of the molecule is CCOc1nc(N)nc2c1ncn2[C@@H]1O[C@@H]2COP(=O)(OC)O[C@H]2[C-]1C.COP1(=O)OC[C@H]2O[C@@H](n3cnc4c(=O)[nH]c(N)nc43)[C-](C)[C@@H]2O1.COP1(=O)OC[C@H]2O[C@@H](n3cnc4cnc(N)nc43)[C-](C)[C@@H]2O1.[Y].[Y].[Y]. The summed E-state index contributed by atoms with van der Waals surface area (Å²) in [5, 5.41) is 0. The Morgan fingerprint density at radius 1 is 0.618 bits per heavy atom. The van der Waals surface area contributed by atoms with Crippen LogP contribution in [0.5, 0.6) is 5.88 Å². The number of anilines is 3. The molecule has 76 heavy (non-hydrogen) atoms. The van der Waals surface area contributed by atoms with Gasteiger partial charge in [-0.2, -0.15) is 40.7 Å². The molecule has 6 saturated heterocycles. The van der Waals surface area contributed by atoms with E-state index in [1.54, 1.807) is 39.5 Å². The van der Waals surface area contributed by atoms with Crippen molar-refractivity contribution in [1.29, 1.82) is 0 Å². The Bertz CT molecular complexity index is 3250. The number of hydrogen-bond acceptors (Lipinski definition) is 28. The van der Waals surface area contributed by atoms with Crippen molar-refractivity contribution < 1.29 is 171 Å². The van der Waals surface area contributed by atoms with E-state index in [-0.39, 0.29) is 153 Å². The van der Waals surface area contributed by atoms with Crippen LogP contribution in [0.4, 0.5) is 17.8 Å². The van der Waals surface area contributed by atoms with Crippen LogP contribution in [0.3, 0.4) is 0 Å². The van der Waals surface area contributed by atoms with Gasteiger partial charge in [-0.1, -0.05) is 0 Å². The molecule has 0 spiro atoms. The fourth-order valence-corrected chi connectivity index (χ4v) is 12.2. The van der Waals surface area contributed by atoms with Crippen LogP contribution in [-0.4, -0.2) is 143 Å². The number of nitrogen functional groups attached to an aromatic ring is 3. The van der Waals surface area contributed by atoms with Gasteiger partial charge in [-0.05, 0) is 25.2 Å². The van der Waals surface area contributed by atoms with Gasteiger partial charge in [0.25, 0.3) is 5.56 Å². The average Bonchev–Trinajstić information content (AvgIpc) is 4.24. The minimum Gasteiger partial charge on any atom is -0.476 e. The molecule has 6 aliphatic rings. The minimum atomic E-state index is -3.59. The largest absolute Gasteiger partial charge is 0.476 e. The van der Waals surface area contributed by atoms with Crippen LogP contribution in [0.25, 0.3) is 33.5 Å². The molecule has 6 aliphatic heterocycles. The molecular weight excluding hydrogens is 1300 g/mol. The number of fused-ring (bicyclic) bond motifs is 6. The van der Waals surface area contributed by atoms with Crippen molar-refractivity contribution in [1.82, 2.24) is 58.6 Å². The molecule has 38 heteroatoms. The molecule has 12 atom stereocenters. The van der Waals surface area contributed by atoms with E-state index >= 15 is 0 Å². The zero-order chi connectivity index (χ0) is 51.7. The molecule has 405 valence electrons. The summed E-state index contributed by atoms with van der Waals surface area (Å²) >= 11 is 0. The van der Waals surface area contributed by atoms with E-state index in [2.05, 4.69) is 44.9 Å². The monoisotopic (exact) mass is 1350 g/mol. The van der Waals surface area contributed by atoms with Crippen molar-refractivity contribution in [2.75, 3.05) is 65.0 Å². The van der Waals surface area contributed by atoms with Crippen LogP contribution in [0, 0.1) is 17.8 Å². The van der Waals surface area contributed by atoms with Crippen molar-refractivity contribution in [2.24, 2.45) is 0 Å². The molecular formula is C38H49N15O17P3Y3-3. The normalized spacial score (nSPS) is 32.2. The first-order valence-corrected chi connectivity index (χ1v) is 26.5. The summed E-state index contributed by atoms with van der Waals surface area (Å²) in [4.78, 5) is 47.5. The summed E-state index contributed by atoms with van der Waals surface area (Å²) in [7, 11) is -6.87. The molecule has 6 aromatic rings. The minimum absolute atomic E-state index is 0. The molecule has 0 amide bonds. The topological polar surface area (TPSA) is 400 Å². The molecule has 3 radical (unpaired) electrons. The summed E-state index contributed by atoms with van der Waals surface area (Å²) in [6.07, 6.45) is 1.71. The molecule has 12 heterocycles. The second-order valence-electron chi connectivity index (χ2n) is 16.7. The average molecular weight is 1350 g/mol. The van der Waals surface area contributed by atoms with Gasteiger partial charge in [0.2, 0.25) is 23.7 Å². The van der Waals surface area contributed by atoms with Crippen LogP contribution >= 0.6 is 23.5 Å². The van der Waals surface area contributed by atoms with Crippen molar-refractivity contribution in [3.8, 4) is 5.88 Å². The van der Waals surface area contributed by atoms with Crippen molar-refractivity contribution in [3.05, 3.63) is 53.3 Å². The number of nitrogens with two attached hydrogens (primary N) is 3. The van der Waals surface area contributed by atoms with Gasteiger partial charge in [-0.3, -0.25) is 36.9 Å². The Morgan fingerprint density at radius 3 is 1.50 bits per heavy atom. The molecule has 7 N–H and O–H groups in total. The number of nitrogens with zero attached hydrogens (tertiary/aromatic N) is 11. The van der Waals surface area contributed by atoms with Gasteiger partial charge in [-0.25, -0.2) is 51.4 Å². The van der Waals surface area contributed by atoms with Crippen LogP contribution in [-0.2, 0) is 167 Å². The van der Waals surface area contributed by atoms with E-state index in [1.165, 1.54) is 27.7 Å². The zero-order valence-corrected chi connectivity index (χ0v) is 52.7. The number of imidazole rings is 3. The summed E-state index contributed by atoms with van der Waals surface area (Å²) in [5.74, 6) is 2.86. The number of nitrogens with one attached hydrogen (secondary N) is 1. The molecule has 0 aromatic carbocycles. The Labute approximate surface area is 507 Å². The fraction of sp³-hybridized carbons (Fsp3) is 0.526. The number of phosphoric acid groups is 3. The van der Waals surface area contributed by atoms with Crippen molar-refractivity contribution in [2.45, 2.75) is 83.0 Å². The van der Waals surface area contributed by atoms with Gasteiger partial charge in [-0.15, -0.1) is 0 Å². The van der Waals surface area contributed by atoms with E-state index in [9.17, 15) is 18.5 Å². The Hall–Kier alpha value is -1.83. The maximum Gasteiger partial charge on any atom is 0.472 e. The second-order valence-corrected chi connectivity index (χ2v) is 21.9. The maximum absolute atomic E-state index is 12.2. The van der Waals surface area contributed by atoms with Crippen LogP contribution < -0.4 is 27.5 Å². The Morgan fingerprint density at radius 2 is 1.04 bits per heavy atom. The number of phosphoric ester groups is 3. The Kier molecular flexibility index (Phi) is 20.1. The first-order chi connectivity index (χ1) is 34.9. The number of rotatable bonds is 8. The summed E-state index contributed by atoms with van der Waals surface area (Å²) in [6, 6.07) is 0. The van der Waals surface area contributed by atoms with Gasteiger partial charge >= 0.3 is 23.5 Å². The number of aromatic nitrogens is 12. The van der Waals surface area contributed by atoms with Crippen LogP contribution in [0.2, 0.25) is 0 Å². The van der Waals surface area contributed by atoms with Gasteiger partial charge < -0.3 is 63.4 Å². The van der Waals surface area contributed by atoms with Crippen LogP contribution in [0.1, 0.15) is 46.4 Å². The standard InChI is InChI=1S/C14H19N5O6P.C12H15N5O6P.C12H15N5O5P.3Y/c1-4-22-12-9-11(17-14(15)18-12)19(6-16-9)13-7(2)10-8(24-13)5-23-26(20,21-3)25-10;1-5-8-6(3-21-24(19,20-2)23-8)22-11(5)17-4-14-7-9(17)15-12(13)16-10(7)18;1-6-9-8(4-20-23(18,19-2)22-9)21-11(6)17-5-15-7-3-14-12(13)16-10(7)17;;;/h6,8,10,13H,4-5H2,1-3H3,(H2,15,17,18);4,6,8,11H,3H2,1-2H3,(H3,13,15,16,18);3,5,8-9,11H,4H2,1-2H3,(H2,13,14,16);;;/q3*-1;;;/t8-,10+,13-,26?;6-,8+,11-,24?;8-,9+,11-,23?;;;/m111.../s1. The third kappa shape index (κ3) is 11.9. The van der Waals surface area contributed by atoms with Crippen LogP contribution in [0.15, 0.2) is 30.0 Å². The number of hydrogen-bond donors (Lipinski definition) is 4. The third-order valence-corrected chi connectivity index (χ3v) is 16.5. The molecule has 0 saturated carbocycles. The summed E-state index contributed by atoms with van der Waals surface area (Å²) in [6.45, 7) is 8.04. The Balaban J connectivity index is 0.000000163. The molecule has 3 unspecified atom stereocenters. The fourth-order valence-electron chi connectivity index (χ4n) is 8.75. The second kappa shape index (κ2) is 24.7. The number of H-pyrrole nitrogens is 1. The maximum atomic E-state index is 12.2. The molecule has 6 aromatic heterocycles. The predicted octanol–water partition coefficient (Wildman–Crippen LogP) is 2.90. The van der Waals surface area contributed by atoms with E-state index in [1.807, 2.05) is 20.8 Å². The number of aromatic amines is 1. The first kappa shape index (κ1) is 61.8. The van der Waals surface area contributed by atoms with Gasteiger partial charge in [0.1, 0.15) is 5.52 Å². The van der Waals surface area contributed by atoms with Gasteiger partial charge in [0.15, 0.2) is 28.0 Å². The smallest absolute Gasteiger partial charge is 0.472 e. The summed E-state index contributed by atoms with van der Waals surface area (Å²) in [5.41, 5.74) is 19.2. The molecule has 12 rings (SSSR count).